The lowest BCUT2D eigenvalue weighted by Gasteiger charge is -2.15. The molecule has 1 aromatic heterocycles. The minimum Gasteiger partial charge on any atom is -0.491 e. The smallest absolute Gasteiger partial charge is 0.325 e. The third-order valence-electron chi connectivity index (χ3n) is 3.45. The maximum Gasteiger partial charge on any atom is 0.325 e. The van der Waals surface area contributed by atoms with Gasteiger partial charge in [0, 0.05) is 30.4 Å². The molecular formula is C14H13Cl2N3O3. The number of H-pyrrole nitrogens is 2. The number of aromatic nitrogens is 2. The monoisotopic (exact) mass is 341 g/mol. The second kappa shape index (κ2) is 6.16. The topological polar surface area (TPSA) is 78.2 Å². The average Bonchev–Trinajstić information content (AvgIpc) is 2.84. The second-order valence-corrected chi connectivity index (χ2v) is 5.84. The Labute approximate surface area is 135 Å². The van der Waals surface area contributed by atoms with E-state index in [9.17, 15) is 9.59 Å². The molecule has 0 amide bonds. The zero-order valence-electron chi connectivity index (χ0n) is 11.5. The summed E-state index contributed by atoms with van der Waals surface area (Å²) >= 11 is 11.9. The first-order valence-corrected chi connectivity index (χ1v) is 7.43. The standard InChI is InChI=1S/C14H13Cl2N3O3/c15-8-1-2-12(10(16)5-8)22-4-3-19-6-9-11(7-19)17-14(21)18-13(9)20/h1-2,5H,3-4,6-7H2,(H2,17,18,20,21). The van der Waals surface area contributed by atoms with Gasteiger partial charge in [-0.2, -0.15) is 0 Å². The highest BCUT2D eigenvalue weighted by Gasteiger charge is 2.22. The van der Waals surface area contributed by atoms with Crippen molar-refractivity contribution in [2.45, 2.75) is 13.1 Å². The van der Waals surface area contributed by atoms with Gasteiger partial charge in [0.15, 0.2) is 0 Å². The van der Waals surface area contributed by atoms with Crippen LogP contribution in [0.2, 0.25) is 10.0 Å². The fraction of sp³-hybridized carbons (Fsp3) is 0.286. The minimum atomic E-state index is -0.477. The molecule has 3 rings (SSSR count). The van der Waals surface area contributed by atoms with Crippen LogP contribution in [0.1, 0.15) is 11.3 Å². The van der Waals surface area contributed by atoms with Gasteiger partial charge in [0.05, 0.1) is 10.6 Å². The molecule has 0 spiro atoms. The van der Waals surface area contributed by atoms with Crippen LogP contribution >= 0.6 is 23.2 Å². The SMILES string of the molecule is O=c1[nH]c2c(c(=O)[nH]1)CN(CCOc1ccc(Cl)cc1Cl)C2. The van der Waals surface area contributed by atoms with Gasteiger partial charge in [-0.25, -0.2) is 4.79 Å². The fourth-order valence-corrected chi connectivity index (χ4v) is 2.86. The highest BCUT2D eigenvalue weighted by Crippen LogP contribution is 2.27. The number of ether oxygens (including phenoxy) is 1. The number of hydrogen-bond acceptors (Lipinski definition) is 4. The summed E-state index contributed by atoms with van der Waals surface area (Å²) in [6.07, 6.45) is 0. The van der Waals surface area contributed by atoms with Crippen LogP contribution in [-0.4, -0.2) is 28.0 Å². The van der Waals surface area contributed by atoms with Crippen molar-refractivity contribution >= 4 is 23.2 Å². The normalized spacial score (nSPS) is 14.1. The number of nitrogens with zero attached hydrogens (tertiary/aromatic N) is 1. The minimum absolute atomic E-state index is 0.331. The van der Waals surface area contributed by atoms with E-state index in [1.807, 2.05) is 4.90 Å². The number of nitrogens with one attached hydrogen (secondary N) is 2. The molecule has 116 valence electrons. The molecule has 0 saturated carbocycles. The Morgan fingerprint density at radius 3 is 2.77 bits per heavy atom. The number of aromatic amines is 2. The molecule has 0 aliphatic carbocycles. The summed E-state index contributed by atoms with van der Waals surface area (Å²) in [5.74, 6) is 0.564. The number of benzene rings is 1. The van der Waals surface area contributed by atoms with Crippen LogP contribution in [0.3, 0.4) is 0 Å². The average molecular weight is 342 g/mol. The van der Waals surface area contributed by atoms with Crippen LogP contribution in [0.15, 0.2) is 27.8 Å². The summed E-state index contributed by atoms with van der Waals surface area (Å²) in [6, 6.07) is 5.04. The Balaban J connectivity index is 1.59. The number of hydrogen-bond donors (Lipinski definition) is 2. The lowest BCUT2D eigenvalue weighted by molar-refractivity contribution is 0.210. The zero-order chi connectivity index (χ0) is 15.7. The summed E-state index contributed by atoms with van der Waals surface area (Å²) in [5.41, 5.74) is 0.458. The van der Waals surface area contributed by atoms with Crippen molar-refractivity contribution in [3.63, 3.8) is 0 Å². The van der Waals surface area contributed by atoms with Crippen molar-refractivity contribution in [2.24, 2.45) is 0 Å². The molecule has 1 aliphatic rings. The first-order valence-electron chi connectivity index (χ1n) is 6.67. The van der Waals surface area contributed by atoms with E-state index in [0.29, 0.717) is 53.3 Å². The first kappa shape index (κ1) is 15.1. The quantitative estimate of drug-likeness (QED) is 0.888. The van der Waals surface area contributed by atoms with E-state index in [2.05, 4.69) is 9.97 Å². The van der Waals surface area contributed by atoms with Gasteiger partial charge in [0.2, 0.25) is 0 Å². The molecule has 0 bridgehead atoms. The molecule has 8 heteroatoms. The Morgan fingerprint density at radius 2 is 2.00 bits per heavy atom. The van der Waals surface area contributed by atoms with Crippen LogP contribution in [0.5, 0.6) is 5.75 Å². The summed E-state index contributed by atoms with van der Waals surface area (Å²) in [6.45, 7) is 2.03. The van der Waals surface area contributed by atoms with Crippen LogP contribution in [0, 0.1) is 0 Å². The molecule has 2 heterocycles. The van der Waals surface area contributed by atoms with Crippen molar-refractivity contribution in [2.75, 3.05) is 13.2 Å². The van der Waals surface area contributed by atoms with Gasteiger partial charge < -0.3 is 9.72 Å². The molecule has 1 aliphatic heterocycles. The Hall–Kier alpha value is -1.76. The van der Waals surface area contributed by atoms with E-state index in [0.717, 1.165) is 0 Å². The van der Waals surface area contributed by atoms with Crippen LogP contribution in [0.4, 0.5) is 0 Å². The van der Waals surface area contributed by atoms with Crippen molar-refractivity contribution in [1.29, 1.82) is 0 Å². The lowest BCUT2D eigenvalue weighted by atomic mass is 10.3. The fourth-order valence-electron chi connectivity index (χ4n) is 2.40. The van der Waals surface area contributed by atoms with Gasteiger partial charge >= 0.3 is 5.69 Å². The van der Waals surface area contributed by atoms with Gasteiger partial charge in [-0.15, -0.1) is 0 Å². The molecule has 0 radical (unpaired) electrons. The van der Waals surface area contributed by atoms with Gasteiger partial charge in [0.25, 0.3) is 5.56 Å². The van der Waals surface area contributed by atoms with E-state index in [1.54, 1.807) is 18.2 Å². The van der Waals surface area contributed by atoms with Gasteiger partial charge in [-0.3, -0.25) is 14.7 Å². The van der Waals surface area contributed by atoms with E-state index in [-0.39, 0.29) is 5.56 Å². The molecule has 1 aromatic carbocycles. The van der Waals surface area contributed by atoms with Gasteiger partial charge in [-0.05, 0) is 18.2 Å². The molecule has 0 saturated heterocycles. The molecule has 6 nitrogen and oxygen atoms in total. The predicted molar refractivity (Wildman–Crippen MR) is 83.8 cm³/mol. The van der Waals surface area contributed by atoms with E-state index in [4.69, 9.17) is 27.9 Å². The van der Waals surface area contributed by atoms with Crippen LogP contribution < -0.4 is 16.0 Å². The largest absolute Gasteiger partial charge is 0.491 e. The third kappa shape index (κ3) is 3.19. The zero-order valence-corrected chi connectivity index (χ0v) is 13.0. The second-order valence-electron chi connectivity index (χ2n) is 5.00. The molecule has 0 fully saturated rings. The maximum absolute atomic E-state index is 11.7. The van der Waals surface area contributed by atoms with Crippen LogP contribution in [-0.2, 0) is 13.1 Å². The van der Waals surface area contributed by atoms with Gasteiger partial charge in [-0.1, -0.05) is 23.2 Å². The Morgan fingerprint density at radius 1 is 1.18 bits per heavy atom. The molecule has 22 heavy (non-hydrogen) atoms. The molecule has 0 atom stereocenters. The molecule has 2 aromatic rings. The van der Waals surface area contributed by atoms with Crippen molar-refractivity contribution in [3.05, 3.63) is 60.3 Å². The van der Waals surface area contributed by atoms with E-state index in [1.165, 1.54) is 0 Å². The summed E-state index contributed by atoms with van der Waals surface area (Å²) in [4.78, 5) is 29.8. The first-order chi connectivity index (χ1) is 10.5. The Bertz CT molecular complexity index is 816. The predicted octanol–water partition coefficient (Wildman–Crippen LogP) is 1.76. The Kier molecular flexibility index (Phi) is 4.24. The third-order valence-corrected chi connectivity index (χ3v) is 3.98. The maximum atomic E-state index is 11.7. The van der Waals surface area contributed by atoms with Gasteiger partial charge in [0.1, 0.15) is 12.4 Å². The molecular weight excluding hydrogens is 329 g/mol. The molecule has 2 N–H and O–H groups in total. The van der Waals surface area contributed by atoms with Crippen molar-refractivity contribution in [3.8, 4) is 5.75 Å². The van der Waals surface area contributed by atoms with E-state index < -0.39 is 5.69 Å². The number of halogens is 2. The van der Waals surface area contributed by atoms with E-state index >= 15 is 0 Å². The van der Waals surface area contributed by atoms with Crippen LogP contribution in [0.25, 0.3) is 0 Å². The van der Waals surface area contributed by atoms with Crippen molar-refractivity contribution in [1.82, 2.24) is 14.9 Å². The highest BCUT2D eigenvalue weighted by molar-refractivity contribution is 6.35. The molecule has 0 unspecified atom stereocenters. The summed E-state index contributed by atoms with van der Waals surface area (Å²) in [5, 5.41) is 1.01. The number of rotatable bonds is 4. The van der Waals surface area contributed by atoms with Crippen molar-refractivity contribution < 1.29 is 4.74 Å². The summed E-state index contributed by atoms with van der Waals surface area (Å²) in [7, 11) is 0. The lowest BCUT2D eigenvalue weighted by Crippen LogP contribution is -2.26. The highest BCUT2D eigenvalue weighted by atomic mass is 35.5. The number of fused-ring (bicyclic) bond motifs is 1. The summed E-state index contributed by atoms with van der Waals surface area (Å²) < 4.78 is 5.62.